The molecule has 0 saturated carbocycles. The van der Waals surface area contributed by atoms with Crippen molar-refractivity contribution in [3.63, 3.8) is 0 Å². The van der Waals surface area contributed by atoms with Crippen molar-refractivity contribution >= 4 is 5.97 Å². The van der Waals surface area contributed by atoms with E-state index >= 15 is 0 Å². The molecule has 0 heterocycles. The molecule has 0 aliphatic carbocycles. The first-order valence-corrected chi connectivity index (χ1v) is 11.9. The second-order valence-corrected chi connectivity index (χ2v) is 7.91. The normalized spacial score (nSPS) is 10.6. The number of rotatable bonds is 16. The van der Waals surface area contributed by atoms with Crippen LogP contribution >= 0.6 is 0 Å². The molecule has 0 aliphatic heterocycles. The third kappa shape index (κ3) is 10.4. The Labute approximate surface area is 187 Å². The molecule has 0 aliphatic rings. The molecule has 0 fully saturated rings. The number of carbonyl (C=O) groups is 1. The zero-order chi connectivity index (χ0) is 22.2. The topological polar surface area (TPSA) is 44.8 Å². The lowest BCUT2D eigenvalue weighted by molar-refractivity contribution is 0.0734. The van der Waals surface area contributed by atoms with E-state index in [1.54, 1.807) is 24.3 Å². The molecule has 2 aromatic rings. The van der Waals surface area contributed by atoms with Crippen molar-refractivity contribution in [2.24, 2.45) is 0 Å². The lowest BCUT2D eigenvalue weighted by Crippen LogP contribution is -2.08. The Bertz CT molecular complexity index is 722. The van der Waals surface area contributed by atoms with Crippen LogP contribution in [-0.4, -0.2) is 19.2 Å². The van der Waals surface area contributed by atoms with Crippen molar-refractivity contribution in [1.82, 2.24) is 0 Å². The van der Waals surface area contributed by atoms with Crippen molar-refractivity contribution in [1.29, 1.82) is 0 Å². The lowest BCUT2D eigenvalue weighted by atomic mass is 10.1. The van der Waals surface area contributed by atoms with E-state index in [0.29, 0.717) is 17.9 Å². The van der Waals surface area contributed by atoms with Crippen LogP contribution in [0.25, 0.3) is 0 Å². The minimum atomic E-state index is -0.379. The standard InChI is InChI=1S/C27H38O4/c1-3-5-7-9-10-12-22-30-25-17-19-26(20-18-25)31-27(28)23-13-15-24(16-14-23)29-21-11-8-6-4-2/h13-20H,3-12,21-22H2,1-2H3. The van der Waals surface area contributed by atoms with Gasteiger partial charge in [-0.15, -0.1) is 0 Å². The molecular formula is C27H38O4. The molecule has 2 aromatic carbocycles. The summed E-state index contributed by atoms with van der Waals surface area (Å²) >= 11 is 0. The first-order chi connectivity index (χ1) is 15.2. The zero-order valence-corrected chi connectivity index (χ0v) is 19.2. The van der Waals surface area contributed by atoms with Crippen LogP contribution in [0.5, 0.6) is 17.2 Å². The second kappa shape index (κ2) is 15.3. The van der Waals surface area contributed by atoms with E-state index in [0.717, 1.165) is 30.9 Å². The van der Waals surface area contributed by atoms with Crippen molar-refractivity contribution < 1.29 is 19.0 Å². The van der Waals surface area contributed by atoms with Gasteiger partial charge in [-0.25, -0.2) is 4.79 Å². The highest BCUT2D eigenvalue weighted by Gasteiger charge is 2.09. The molecule has 0 radical (unpaired) electrons. The summed E-state index contributed by atoms with van der Waals surface area (Å²) in [6, 6.07) is 14.3. The fraction of sp³-hybridized carbons (Fsp3) is 0.519. The molecule has 0 atom stereocenters. The van der Waals surface area contributed by atoms with E-state index in [1.807, 2.05) is 24.3 Å². The van der Waals surface area contributed by atoms with Crippen LogP contribution in [0.15, 0.2) is 48.5 Å². The van der Waals surface area contributed by atoms with Crippen molar-refractivity contribution in [2.45, 2.75) is 78.1 Å². The molecule has 31 heavy (non-hydrogen) atoms. The number of esters is 1. The molecule has 0 spiro atoms. The summed E-state index contributed by atoms with van der Waals surface area (Å²) in [6.07, 6.45) is 12.1. The third-order valence-corrected chi connectivity index (χ3v) is 5.16. The van der Waals surface area contributed by atoms with E-state index < -0.39 is 0 Å². The molecule has 0 saturated heterocycles. The number of ether oxygens (including phenoxy) is 3. The van der Waals surface area contributed by atoms with Gasteiger partial charge >= 0.3 is 5.97 Å². The number of hydrogen-bond donors (Lipinski definition) is 0. The van der Waals surface area contributed by atoms with Crippen molar-refractivity contribution in [3.8, 4) is 17.2 Å². The summed E-state index contributed by atoms with van der Waals surface area (Å²) in [5.74, 6) is 1.71. The van der Waals surface area contributed by atoms with Gasteiger partial charge in [0.1, 0.15) is 17.2 Å². The molecule has 4 heteroatoms. The maximum Gasteiger partial charge on any atom is 0.343 e. The van der Waals surface area contributed by atoms with Gasteiger partial charge in [0.15, 0.2) is 0 Å². The molecule has 4 nitrogen and oxygen atoms in total. The van der Waals surface area contributed by atoms with Crippen LogP contribution in [0.2, 0.25) is 0 Å². The van der Waals surface area contributed by atoms with Gasteiger partial charge < -0.3 is 14.2 Å². The first-order valence-electron chi connectivity index (χ1n) is 11.9. The van der Waals surface area contributed by atoms with Gasteiger partial charge in [0, 0.05) is 0 Å². The highest BCUT2D eigenvalue weighted by atomic mass is 16.5. The van der Waals surface area contributed by atoms with Crippen LogP contribution in [0.1, 0.15) is 88.4 Å². The second-order valence-electron chi connectivity index (χ2n) is 7.91. The van der Waals surface area contributed by atoms with Crippen LogP contribution in [0.3, 0.4) is 0 Å². The predicted octanol–water partition coefficient (Wildman–Crippen LogP) is 7.60. The maximum atomic E-state index is 12.4. The van der Waals surface area contributed by atoms with Crippen LogP contribution in [0.4, 0.5) is 0 Å². The average Bonchev–Trinajstić information content (AvgIpc) is 2.80. The number of unbranched alkanes of at least 4 members (excludes halogenated alkanes) is 8. The van der Waals surface area contributed by atoms with E-state index in [2.05, 4.69) is 13.8 Å². The largest absolute Gasteiger partial charge is 0.494 e. The number of hydrogen-bond acceptors (Lipinski definition) is 4. The maximum absolute atomic E-state index is 12.4. The molecule has 0 bridgehead atoms. The molecule has 170 valence electrons. The highest BCUT2D eigenvalue weighted by Crippen LogP contribution is 2.20. The van der Waals surface area contributed by atoms with Crippen LogP contribution in [-0.2, 0) is 0 Å². The Balaban J connectivity index is 1.69. The van der Waals surface area contributed by atoms with Gasteiger partial charge in [-0.2, -0.15) is 0 Å². The summed E-state index contributed by atoms with van der Waals surface area (Å²) < 4.78 is 17.0. The number of benzene rings is 2. The van der Waals surface area contributed by atoms with Gasteiger partial charge in [-0.05, 0) is 61.4 Å². The molecule has 0 unspecified atom stereocenters. The highest BCUT2D eigenvalue weighted by molar-refractivity contribution is 5.91. The average molecular weight is 427 g/mol. The third-order valence-electron chi connectivity index (χ3n) is 5.16. The molecule has 0 aromatic heterocycles. The van der Waals surface area contributed by atoms with Gasteiger partial charge in [0.2, 0.25) is 0 Å². The number of carbonyl (C=O) groups excluding carboxylic acids is 1. The lowest BCUT2D eigenvalue weighted by Gasteiger charge is -2.09. The van der Waals surface area contributed by atoms with Crippen molar-refractivity contribution in [3.05, 3.63) is 54.1 Å². The fourth-order valence-electron chi connectivity index (χ4n) is 3.25. The smallest absolute Gasteiger partial charge is 0.343 e. The molecule has 0 amide bonds. The summed E-state index contributed by atoms with van der Waals surface area (Å²) in [4.78, 5) is 12.4. The predicted molar refractivity (Wildman–Crippen MR) is 126 cm³/mol. The van der Waals surface area contributed by atoms with Gasteiger partial charge in [-0.3, -0.25) is 0 Å². The molecule has 2 rings (SSSR count). The van der Waals surface area contributed by atoms with Crippen LogP contribution < -0.4 is 14.2 Å². The Morgan fingerprint density at radius 3 is 1.55 bits per heavy atom. The Hall–Kier alpha value is -2.49. The van der Waals surface area contributed by atoms with E-state index in [1.165, 1.54) is 51.4 Å². The quantitative estimate of drug-likeness (QED) is 0.157. The van der Waals surface area contributed by atoms with E-state index in [4.69, 9.17) is 14.2 Å². The minimum absolute atomic E-state index is 0.379. The first kappa shape index (κ1) is 24.8. The van der Waals surface area contributed by atoms with Gasteiger partial charge in [-0.1, -0.05) is 65.2 Å². The summed E-state index contributed by atoms with van der Waals surface area (Å²) in [6.45, 7) is 5.85. The van der Waals surface area contributed by atoms with Gasteiger partial charge in [0.05, 0.1) is 18.8 Å². The van der Waals surface area contributed by atoms with Crippen LogP contribution in [0, 0.1) is 0 Å². The van der Waals surface area contributed by atoms with E-state index in [-0.39, 0.29) is 5.97 Å². The monoisotopic (exact) mass is 426 g/mol. The zero-order valence-electron chi connectivity index (χ0n) is 19.2. The molecular weight excluding hydrogens is 388 g/mol. The minimum Gasteiger partial charge on any atom is -0.494 e. The Kier molecular flexibility index (Phi) is 12.3. The molecule has 0 N–H and O–H groups in total. The summed E-state index contributed by atoms with van der Waals surface area (Å²) in [5, 5.41) is 0. The summed E-state index contributed by atoms with van der Waals surface area (Å²) in [5.41, 5.74) is 0.502. The summed E-state index contributed by atoms with van der Waals surface area (Å²) in [7, 11) is 0. The Morgan fingerprint density at radius 1 is 0.581 bits per heavy atom. The van der Waals surface area contributed by atoms with E-state index in [9.17, 15) is 4.79 Å². The van der Waals surface area contributed by atoms with Crippen molar-refractivity contribution in [2.75, 3.05) is 13.2 Å². The Morgan fingerprint density at radius 2 is 1.00 bits per heavy atom. The van der Waals surface area contributed by atoms with Gasteiger partial charge in [0.25, 0.3) is 0 Å². The SMILES string of the molecule is CCCCCCCCOc1ccc(OC(=O)c2ccc(OCCCCCC)cc2)cc1. The fourth-order valence-corrected chi connectivity index (χ4v) is 3.25.